The number of aromatic nitrogens is 1. The van der Waals surface area contributed by atoms with Gasteiger partial charge in [0.1, 0.15) is 11.1 Å². The van der Waals surface area contributed by atoms with Gasteiger partial charge in [-0.15, -0.1) is 0 Å². The van der Waals surface area contributed by atoms with Crippen LogP contribution in [0.15, 0.2) is 11.1 Å². The molecule has 0 atom stereocenters. The number of hydrogen-bond donors (Lipinski definition) is 2. The van der Waals surface area contributed by atoms with Crippen LogP contribution in [0.4, 0.5) is 4.79 Å². The van der Waals surface area contributed by atoms with E-state index >= 15 is 0 Å². The Balaban J connectivity index is 2.58. The van der Waals surface area contributed by atoms with Crippen molar-refractivity contribution in [3.05, 3.63) is 22.9 Å². The Bertz CT molecular complexity index is 608. The Hall–Kier alpha value is -2.07. The van der Waals surface area contributed by atoms with E-state index in [1.807, 2.05) is 33.8 Å². The third-order valence-corrected chi connectivity index (χ3v) is 3.66. The third-order valence-electron chi connectivity index (χ3n) is 2.69. The predicted molar refractivity (Wildman–Crippen MR) is 85.5 cm³/mol. The van der Waals surface area contributed by atoms with Crippen molar-refractivity contribution in [1.82, 2.24) is 15.6 Å². The quantitative estimate of drug-likeness (QED) is 0.811. The maximum Gasteiger partial charge on any atom is 0.321 e. The Labute approximate surface area is 134 Å². The lowest BCUT2D eigenvalue weighted by atomic mass is 10.1. The summed E-state index contributed by atoms with van der Waals surface area (Å²) in [5.74, 6) is -0.0800. The van der Waals surface area contributed by atoms with Crippen LogP contribution in [0.2, 0.25) is 0 Å². The molecule has 0 saturated heterocycles. The molecule has 0 unspecified atom stereocenters. The van der Waals surface area contributed by atoms with E-state index in [2.05, 4.69) is 21.7 Å². The largest absolute Gasteiger partial charge is 0.338 e. The molecular weight excluding hydrogens is 300 g/mol. The van der Waals surface area contributed by atoms with Gasteiger partial charge in [0, 0.05) is 12.2 Å². The molecule has 0 aromatic carbocycles. The van der Waals surface area contributed by atoms with E-state index in [9.17, 15) is 9.59 Å². The first-order valence-electron chi connectivity index (χ1n) is 6.92. The predicted octanol–water partition coefficient (Wildman–Crippen LogP) is 2.14. The van der Waals surface area contributed by atoms with Crippen molar-refractivity contribution >= 4 is 23.7 Å². The van der Waals surface area contributed by atoms with Crippen molar-refractivity contribution in [2.75, 3.05) is 12.3 Å². The first kappa shape index (κ1) is 18.0. The standard InChI is InChI=1S/C15H20N4O2S/c1-9(2)7-17-15(21)19-13(20)8-22-14-12(6-16)10(3)5-11(4)18-14/h5,9H,7-8H2,1-4H3,(H2,17,19,20,21). The molecule has 1 aromatic heterocycles. The third kappa shape index (κ3) is 5.74. The minimum absolute atomic E-state index is 0.0275. The van der Waals surface area contributed by atoms with Crippen LogP contribution in [0.3, 0.4) is 0 Å². The summed E-state index contributed by atoms with van der Waals surface area (Å²) in [4.78, 5) is 27.5. The summed E-state index contributed by atoms with van der Waals surface area (Å²) in [5.41, 5.74) is 2.08. The van der Waals surface area contributed by atoms with Crippen LogP contribution in [0.1, 0.15) is 30.7 Å². The highest BCUT2D eigenvalue weighted by molar-refractivity contribution is 8.00. The summed E-state index contributed by atoms with van der Waals surface area (Å²) in [5, 5.41) is 14.5. The van der Waals surface area contributed by atoms with Crippen molar-refractivity contribution in [3.8, 4) is 6.07 Å². The van der Waals surface area contributed by atoms with E-state index in [1.165, 1.54) is 0 Å². The molecule has 22 heavy (non-hydrogen) atoms. The van der Waals surface area contributed by atoms with Gasteiger partial charge in [0.05, 0.1) is 11.3 Å². The van der Waals surface area contributed by atoms with Crippen molar-refractivity contribution in [2.45, 2.75) is 32.7 Å². The molecule has 0 fully saturated rings. The number of aryl methyl sites for hydroxylation is 2. The highest BCUT2D eigenvalue weighted by atomic mass is 32.2. The van der Waals surface area contributed by atoms with Gasteiger partial charge in [0.15, 0.2) is 0 Å². The summed E-state index contributed by atoms with van der Waals surface area (Å²) in [6.07, 6.45) is 0. The van der Waals surface area contributed by atoms with Gasteiger partial charge in [-0.1, -0.05) is 25.6 Å². The van der Waals surface area contributed by atoms with E-state index in [4.69, 9.17) is 5.26 Å². The molecule has 3 amide bonds. The molecule has 1 rings (SSSR count). The molecule has 1 aromatic rings. The Morgan fingerprint density at radius 1 is 1.41 bits per heavy atom. The zero-order chi connectivity index (χ0) is 16.7. The summed E-state index contributed by atoms with van der Waals surface area (Å²) in [6, 6.07) is 3.41. The van der Waals surface area contributed by atoms with Gasteiger partial charge < -0.3 is 5.32 Å². The lowest BCUT2D eigenvalue weighted by Gasteiger charge is -2.09. The number of imide groups is 1. The molecule has 2 N–H and O–H groups in total. The maximum atomic E-state index is 11.7. The first-order chi connectivity index (χ1) is 10.3. The van der Waals surface area contributed by atoms with Crippen molar-refractivity contribution in [2.24, 2.45) is 5.92 Å². The van der Waals surface area contributed by atoms with Crippen LogP contribution in [-0.4, -0.2) is 29.2 Å². The molecular formula is C15H20N4O2S. The van der Waals surface area contributed by atoms with Gasteiger partial charge in [0.25, 0.3) is 0 Å². The van der Waals surface area contributed by atoms with E-state index in [0.29, 0.717) is 23.1 Å². The first-order valence-corrected chi connectivity index (χ1v) is 7.90. The number of carbonyl (C=O) groups excluding carboxylic acids is 2. The SMILES string of the molecule is Cc1cc(C)c(C#N)c(SCC(=O)NC(=O)NCC(C)C)n1. The number of pyridine rings is 1. The lowest BCUT2D eigenvalue weighted by Crippen LogP contribution is -2.41. The number of carbonyl (C=O) groups is 2. The van der Waals surface area contributed by atoms with E-state index in [-0.39, 0.29) is 5.75 Å². The van der Waals surface area contributed by atoms with Gasteiger partial charge >= 0.3 is 6.03 Å². The van der Waals surface area contributed by atoms with Gasteiger partial charge in [-0.3, -0.25) is 10.1 Å². The van der Waals surface area contributed by atoms with Crippen LogP contribution in [-0.2, 0) is 4.79 Å². The zero-order valence-corrected chi connectivity index (χ0v) is 14.0. The molecule has 0 aliphatic rings. The number of thioether (sulfide) groups is 1. The van der Waals surface area contributed by atoms with Crippen LogP contribution < -0.4 is 10.6 Å². The van der Waals surface area contributed by atoms with E-state index in [0.717, 1.165) is 23.0 Å². The number of rotatable bonds is 5. The highest BCUT2D eigenvalue weighted by Crippen LogP contribution is 2.23. The second-order valence-electron chi connectivity index (χ2n) is 5.31. The fourth-order valence-electron chi connectivity index (χ4n) is 1.68. The molecule has 1 heterocycles. The number of hydrogen-bond acceptors (Lipinski definition) is 5. The zero-order valence-electron chi connectivity index (χ0n) is 13.2. The molecule has 0 spiro atoms. The second kappa shape index (κ2) is 8.39. The highest BCUT2D eigenvalue weighted by Gasteiger charge is 2.13. The van der Waals surface area contributed by atoms with Gasteiger partial charge in [0.2, 0.25) is 5.91 Å². The number of nitrogens with zero attached hydrogens (tertiary/aromatic N) is 2. The van der Waals surface area contributed by atoms with Crippen LogP contribution in [0.25, 0.3) is 0 Å². The lowest BCUT2D eigenvalue weighted by molar-refractivity contribution is -0.117. The fourth-order valence-corrected chi connectivity index (χ4v) is 2.58. The average Bonchev–Trinajstić information content (AvgIpc) is 2.42. The smallest absolute Gasteiger partial charge is 0.321 e. The molecule has 0 radical (unpaired) electrons. The molecule has 0 aliphatic carbocycles. The monoisotopic (exact) mass is 320 g/mol. The molecule has 0 saturated carbocycles. The Morgan fingerprint density at radius 3 is 2.68 bits per heavy atom. The number of nitriles is 1. The fraction of sp³-hybridized carbons (Fsp3) is 0.467. The molecule has 0 bridgehead atoms. The average molecular weight is 320 g/mol. The van der Waals surface area contributed by atoms with Crippen LogP contribution in [0, 0.1) is 31.1 Å². The van der Waals surface area contributed by atoms with Gasteiger partial charge in [-0.2, -0.15) is 5.26 Å². The number of nitrogens with one attached hydrogen (secondary N) is 2. The summed E-state index contributed by atoms with van der Waals surface area (Å²) in [6.45, 7) is 8.10. The summed E-state index contributed by atoms with van der Waals surface area (Å²) in [7, 11) is 0. The summed E-state index contributed by atoms with van der Waals surface area (Å²) >= 11 is 1.15. The van der Waals surface area contributed by atoms with E-state index < -0.39 is 11.9 Å². The number of amides is 3. The van der Waals surface area contributed by atoms with Crippen LogP contribution in [0.5, 0.6) is 0 Å². The topological polar surface area (TPSA) is 94.9 Å². The second-order valence-corrected chi connectivity index (χ2v) is 6.28. The normalized spacial score (nSPS) is 10.2. The van der Waals surface area contributed by atoms with Crippen LogP contribution >= 0.6 is 11.8 Å². The Morgan fingerprint density at radius 2 is 2.09 bits per heavy atom. The molecule has 118 valence electrons. The number of urea groups is 1. The van der Waals surface area contributed by atoms with Crippen molar-refractivity contribution in [3.63, 3.8) is 0 Å². The van der Waals surface area contributed by atoms with Gasteiger partial charge in [-0.25, -0.2) is 9.78 Å². The Kier molecular flexibility index (Phi) is 6.86. The maximum absolute atomic E-state index is 11.7. The van der Waals surface area contributed by atoms with E-state index in [1.54, 1.807) is 0 Å². The molecule has 6 nitrogen and oxygen atoms in total. The molecule has 7 heteroatoms. The van der Waals surface area contributed by atoms with Crippen molar-refractivity contribution < 1.29 is 9.59 Å². The minimum Gasteiger partial charge on any atom is -0.338 e. The van der Waals surface area contributed by atoms with Gasteiger partial charge in [-0.05, 0) is 31.4 Å². The molecule has 0 aliphatic heterocycles. The van der Waals surface area contributed by atoms with Crippen molar-refractivity contribution in [1.29, 1.82) is 5.26 Å². The summed E-state index contributed by atoms with van der Waals surface area (Å²) < 4.78 is 0. The minimum atomic E-state index is -0.506.